The Morgan fingerprint density at radius 3 is 2.92 bits per heavy atom. The van der Waals surface area contributed by atoms with E-state index in [0.717, 1.165) is 36.3 Å². The maximum Gasteiger partial charge on any atom is 0.185 e. The van der Waals surface area contributed by atoms with E-state index in [-0.39, 0.29) is 0 Å². The van der Waals surface area contributed by atoms with Crippen molar-refractivity contribution in [3.8, 4) is 0 Å². The van der Waals surface area contributed by atoms with Gasteiger partial charge in [-0.3, -0.25) is 0 Å². The summed E-state index contributed by atoms with van der Waals surface area (Å²) in [6.07, 6.45) is 3.70. The zero-order valence-corrected chi connectivity index (χ0v) is 8.22. The molecular weight excluding hydrogens is 184 g/mol. The van der Waals surface area contributed by atoms with Crippen LogP contribution in [0.4, 0.5) is 5.13 Å². The van der Waals surface area contributed by atoms with Crippen LogP contribution in [0.25, 0.3) is 6.08 Å². The highest BCUT2D eigenvalue weighted by Crippen LogP contribution is 2.23. The normalized spacial score (nSPS) is 17.4. The second-order valence-electron chi connectivity index (χ2n) is 2.85. The van der Waals surface area contributed by atoms with Gasteiger partial charge in [-0.2, -0.15) is 0 Å². The van der Waals surface area contributed by atoms with Crippen LogP contribution in [0.15, 0.2) is 12.8 Å². The summed E-state index contributed by atoms with van der Waals surface area (Å²) >= 11 is 1.68. The standard InChI is InChI=1S/C9H12N2OS/c1-2-8-7-10-9(13-8)11-3-5-12-6-4-11/h2,7H,1,3-6H2. The number of anilines is 1. The topological polar surface area (TPSA) is 25.4 Å². The van der Waals surface area contributed by atoms with E-state index in [0.29, 0.717) is 0 Å². The fourth-order valence-corrected chi connectivity index (χ4v) is 2.09. The van der Waals surface area contributed by atoms with Crippen molar-refractivity contribution in [1.29, 1.82) is 0 Å². The lowest BCUT2D eigenvalue weighted by molar-refractivity contribution is 0.122. The van der Waals surface area contributed by atoms with Crippen LogP contribution in [0.5, 0.6) is 0 Å². The minimum absolute atomic E-state index is 0.809. The molecule has 0 unspecified atom stereocenters. The Morgan fingerprint density at radius 1 is 1.54 bits per heavy atom. The number of hydrogen-bond acceptors (Lipinski definition) is 4. The predicted octanol–water partition coefficient (Wildman–Crippen LogP) is 1.62. The molecule has 1 aromatic heterocycles. The molecule has 2 rings (SSSR count). The quantitative estimate of drug-likeness (QED) is 0.718. The molecule has 0 saturated carbocycles. The van der Waals surface area contributed by atoms with E-state index in [4.69, 9.17) is 4.74 Å². The van der Waals surface area contributed by atoms with Gasteiger partial charge >= 0.3 is 0 Å². The lowest BCUT2D eigenvalue weighted by atomic mass is 10.5. The molecule has 2 heterocycles. The summed E-state index contributed by atoms with van der Waals surface area (Å²) in [5, 5.41) is 1.08. The van der Waals surface area contributed by atoms with Gasteiger partial charge in [0.1, 0.15) is 0 Å². The summed E-state index contributed by atoms with van der Waals surface area (Å²) < 4.78 is 5.27. The van der Waals surface area contributed by atoms with Crippen molar-refractivity contribution >= 4 is 22.5 Å². The molecule has 1 aromatic rings. The van der Waals surface area contributed by atoms with Crippen LogP contribution in [0.1, 0.15) is 4.88 Å². The third kappa shape index (κ3) is 1.89. The maximum atomic E-state index is 5.27. The minimum Gasteiger partial charge on any atom is -0.378 e. The molecule has 13 heavy (non-hydrogen) atoms. The second-order valence-corrected chi connectivity index (χ2v) is 3.89. The van der Waals surface area contributed by atoms with Gasteiger partial charge < -0.3 is 9.64 Å². The number of rotatable bonds is 2. The predicted molar refractivity (Wildman–Crippen MR) is 55.2 cm³/mol. The van der Waals surface area contributed by atoms with Crippen LogP contribution in [-0.2, 0) is 4.74 Å². The van der Waals surface area contributed by atoms with Crippen molar-refractivity contribution in [1.82, 2.24) is 4.98 Å². The molecule has 0 atom stereocenters. The SMILES string of the molecule is C=Cc1cnc(N2CCOCC2)s1. The van der Waals surface area contributed by atoms with Gasteiger partial charge in [0.25, 0.3) is 0 Å². The highest BCUT2D eigenvalue weighted by Gasteiger charge is 2.13. The van der Waals surface area contributed by atoms with E-state index in [2.05, 4.69) is 16.5 Å². The average molecular weight is 196 g/mol. The zero-order chi connectivity index (χ0) is 9.10. The van der Waals surface area contributed by atoms with Crippen LogP contribution in [-0.4, -0.2) is 31.3 Å². The third-order valence-electron chi connectivity index (χ3n) is 1.99. The number of thiazole rings is 1. The van der Waals surface area contributed by atoms with E-state index >= 15 is 0 Å². The van der Waals surface area contributed by atoms with Gasteiger partial charge in [-0.05, 0) is 0 Å². The molecule has 1 aliphatic rings. The zero-order valence-electron chi connectivity index (χ0n) is 7.40. The van der Waals surface area contributed by atoms with Gasteiger partial charge in [-0.15, -0.1) is 0 Å². The summed E-state index contributed by atoms with van der Waals surface area (Å²) in [5.41, 5.74) is 0. The van der Waals surface area contributed by atoms with Gasteiger partial charge in [-0.25, -0.2) is 4.98 Å². The molecule has 0 amide bonds. The Bertz CT molecular complexity index is 292. The molecule has 1 aliphatic heterocycles. The van der Waals surface area contributed by atoms with Crippen molar-refractivity contribution in [2.75, 3.05) is 31.2 Å². The lowest BCUT2D eigenvalue weighted by Gasteiger charge is -2.25. The molecule has 1 fully saturated rings. The summed E-state index contributed by atoms with van der Waals surface area (Å²) in [6, 6.07) is 0. The largest absolute Gasteiger partial charge is 0.378 e. The average Bonchev–Trinajstić information content (AvgIpc) is 2.67. The Balaban J connectivity index is 2.09. The molecule has 0 radical (unpaired) electrons. The van der Waals surface area contributed by atoms with E-state index in [9.17, 15) is 0 Å². The summed E-state index contributed by atoms with van der Waals surface area (Å²) in [6.45, 7) is 7.23. The van der Waals surface area contributed by atoms with Gasteiger partial charge in [0.15, 0.2) is 5.13 Å². The second kappa shape index (κ2) is 3.89. The number of nitrogens with zero attached hydrogens (tertiary/aromatic N) is 2. The third-order valence-corrected chi connectivity index (χ3v) is 3.05. The number of aromatic nitrogens is 1. The number of hydrogen-bond donors (Lipinski definition) is 0. The van der Waals surface area contributed by atoms with Gasteiger partial charge in [0, 0.05) is 24.2 Å². The monoisotopic (exact) mass is 196 g/mol. The number of morpholine rings is 1. The summed E-state index contributed by atoms with van der Waals surface area (Å²) in [5.74, 6) is 0. The van der Waals surface area contributed by atoms with Crippen molar-refractivity contribution in [2.45, 2.75) is 0 Å². The van der Waals surface area contributed by atoms with Crippen LogP contribution < -0.4 is 4.90 Å². The fraction of sp³-hybridized carbons (Fsp3) is 0.444. The van der Waals surface area contributed by atoms with Crippen molar-refractivity contribution in [2.24, 2.45) is 0 Å². The molecule has 1 saturated heterocycles. The molecule has 3 nitrogen and oxygen atoms in total. The highest BCUT2D eigenvalue weighted by molar-refractivity contribution is 7.16. The minimum atomic E-state index is 0.809. The molecular formula is C9H12N2OS. The van der Waals surface area contributed by atoms with Crippen LogP contribution >= 0.6 is 11.3 Å². The Kier molecular flexibility index (Phi) is 2.61. The first-order chi connectivity index (χ1) is 6.40. The van der Waals surface area contributed by atoms with E-state index in [1.54, 1.807) is 11.3 Å². The lowest BCUT2D eigenvalue weighted by Crippen LogP contribution is -2.36. The van der Waals surface area contributed by atoms with E-state index in [1.807, 2.05) is 12.3 Å². The molecule has 0 bridgehead atoms. The molecule has 0 aliphatic carbocycles. The first-order valence-electron chi connectivity index (χ1n) is 4.31. The number of ether oxygens (including phenoxy) is 1. The summed E-state index contributed by atoms with van der Waals surface area (Å²) in [4.78, 5) is 7.71. The van der Waals surface area contributed by atoms with Crippen LogP contribution in [0.3, 0.4) is 0 Å². The first kappa shape index (κ1) is 8.72. The van der Waals surface area contributed by atoms with E-state index < -0.39 is 0 Å². The van der Waals surface area contributed by atoms with Gasteiger partial charge in [-0.1, -0.05) is 24.0 Å². The Labute approximate surface area is 81.7 Å². The molecule has 0 aromatic carbocycles. The smallest absolute Gasteiger partial charge is 0.185 e. The molecule has 0 N–H and O–H groups in total. The van der Waals surface area contributed by atoms with Gasteiger partial charge in [0.2, 0.25) is 0 Å². The van der Waals surface area contributed by atoms with Crippen molar-refractivity contribution in [3.63, 3.8) is 0 Å². The van der Waals surface area contributed by atoms with E-state index in [1.165, 1.54) is 0 Å². The first-order valence-corrected chi connectivity index (χ1v) is 5.13. The van der Waals surface area contributed by atoms with Crippen molar-refractivity contribution in [3.05, 3.63) is 17.7 Å². The highest BCUT2D eigenvalue weighted by atomic mass is 32.1. The van der Waals surface area contributed by atoms with Crippen molar-refractivity contribution < 1.29 is 4.74 Å². The Hall–Kier alpha value is -0.870. The fourth-order valence-electron chi connectivity index (χ4n) is 1.27. The van der Waals surface area contributed by atoms with Crippen LogP contribution in [0, 0.1) is 0 Å². The molecule has 70 valence electrons. The Morgan fingerprint density at radius 2 is 2.31 bits per heavy atom. The maximum absolute atomic E-state index is 5.27. The summed E-state index contributed by atoms with van der Waals surface area (Å²) in [7, 11) is 0. The molecule has 4 heteroatoms. The molecule has 0 spiro atoms. The van der Waals surface area contributed by atoms with Crippen LogP contribution in [0.2, 0.25) is 0 Å². The van der Waals surface area contributed by atoms with Gasteiger partial charge in [0.05, 0.1) is 13.2 Å².